The lowest BCUT2D eigenvalue weighted by molar-refractivity contribution is 0.0935. The molecule has 0 aliphatic heterocycles. The van der Waals surface area contributed by atoms with Gasteiger partial charge in [-0.1, -0.05) is 48.0 Å². The van der Waals surface area contributed by atoms with Crippen molar-refractivity contribution in [3.05, 3.63) is 70.9 Å². The van der Waals surface area contributed by atoms with Gasteiger partial charge in [0.25, 0.3) is 5.91 Å². The van der Waals surface area contributed by atoms with Crippen molar-refractivity contribution >= 4 is 28.4 Å². The zero-order valence-corrected chi connectivity index (χ0v) is 12.3. The SMILES string of the molecule is C[C@H](NC(=O)c1cc2ccc(Cl)cc2[nH]1)c1ccccc1. The molecular weight excluding hydrogens is 284 g/mol. The lowest BCUT2D eigenvalue weighted by Gasteiger charge is -2.13. The largest absolute Gasteiger partial charge is 0.350 e. The molecule has 3 nitrogen and oxygen atoms in total. The number of fused-ring (bicyclic) bond motifs is 1. The van der Waals surface area contributed by atoms with Crippen LogP contribution in [0.25, 0.3) is 10.9 Å². The van der Waals surface area contributed by atoms with E-state index in [1.807, 2.05) is 61.5 Å². The first-order valence-electron chi connectivity index (χ1n) is 6.77. The Kier molecular flexibility index (Phi) is 3.67. The number of benzene rings is 2. The molecule has 3 rings (SSSR count). The van der Waals surface area contributed by atoms with Gasteiger partial charge in [0.15, 0.2) is 0 Å². The molecule has 0 fully saturated rings. The minimum atomic E-state index is -0.126. The Hall–Kier alpha value is -2.26. The third kappa shape index (κ3) is 2.93. The highest BCUT2D eigenvalue weighted by Gasteiger charge is 2.13. The van der Waals surface area contributed by atoms with Crippen molar-refractivity contribution in [1.29, 1.82) is 0 Å². The van der Waals surface area contributed by atoms with E-state index in [1.165, 1.54) is 0 Å². The third-order valence-corrected chi connectivity index (χ3v) is 3.71. The molecule has 1 aromatic heterocycles. The summed E-state index contributed by atoms with van der Waals surface area (Å²) in [6.45, 7) is 1.97. The maximum atomic E-state index is 12.3. The van der Waals surface area contributed by atoms with Crippen LogP contribution in [0.15, 0.2) is 54.6 Å². The van der Waals surface area contributed by atoms with E-state index in [2.05, 4.69) is 10.3 Å². The molecule has 1 heterocycles. The van der Waals surface area contributed by atoms with Gasteiger partial charge in [0.2, 0.25) is 0 Å². The molecule has 0 saturated heterocycles. The molecule has 4 heteroatoms. The molecule has 106 valence electrons. The van der Waals surface area contributed by atoms with Crippen molar-refractivity contribution in [2.45, 2.75) is 13.0 Å². The van der Waals surface area contributed by atoms with Gasteiger partial charge in [0.05, 0.1) is 6.04 Å². The Morgan fingerprint density at radius 1 is 1.14 bits per heavy atom. The second kappa shape index (κ2) is 5.62. The molecule has 2 aromatic carbocycles. The molecule has 1 atom stereocenters. The molecule has 21 heavy (non-hydrogen) atoms. The van der Waals surface area contributed by atoms with E-state index in [0.29, 0.717) is 10.7 Å². The van der Waals surface area contributed by atoms with Crippen LogP contribution in [0.5, 0.6) is 0 Å². The highest BCUT2D eigenvalue weighted by Crippen LogP contribution is 2.20. The van der Waals surface area contributed by atoms with Gasteiger partial charge in [-0.25, -0.2) is 0 Å². The number of carbonyl (C=O) groups is 1. The van der Waals surface area contributed by atoms with Crippen molar-refractivity contribution in [1.82, 2.24) is 10.3 Å². The lowest BCUT2D eigenvalue weighted by Crippen LogP contribution is -2.26. The summed E-state index contributed by atoms with van der Waals surface area (Å²) in [6.07, 6.45) is 0. The number of amides is 1. The van der Waals surface area contributed by atoms with Crippen LogP contribution in [-0.2, 0) is 0 Å². The Balaban J connectivity index is 1.80. The van der Waals surface area contributed by atoms with E-state index in [0.717, 1.165) is 16.5 Å². The standard InChI is InChI=1S/C17H15ClN2O/c1-11(12-5-3-2-4-6-12)19-17(21)16-9-13-7-8-14(18)10-15(13)20-16/h2-11,20H,1H3,(H,19,21)/t11-/m0/s1. The molecule has 0 aliphatic carbocycles. The number of hydrogen-bond donors (Lipinski definition) is 2. The van der Waals surface area contributed by atoms with Crippen molar-refractivity contribution in [3.63, 3.8) is 0 Å². The summed E-state index contributed by atoms with van der Waals surface area (Å²) in [5.41, 5.74) is 2.47. The number of aromatic amines is 1. The fraction of sp³-hybridized carbons (Fsp3) is 0.118. The first-order chi connectivity index (χ1) is 10.1. The molecule has 0 bridgehead atoms. The normalized spacial score (nSPS) is 12.3. The van der Waals surface area contributed by atoms with Crippen LogP contribution in [0.3, 0.4) is 0 Å². The summed E-state index contributed by atoms with van der Waals surface area (Å²) in [7, 11) is 0. The van der Waals surface area contributed by atoms with E-state index in [4.69, 9.17) is 11.6 Å². The van der Waals surface area contributed by atoms with E-state index >= 15 is 0 Å². The molecule has 3 aromatic rings. The molecular formula is C17H15ClN2O. The number of carbonyl (C=O) groups excluding carboxylic acids is 1. The van der Waals surface area contributed by atoms with Gasteiger partial charge in [-0.3, -0.25) is 4.79 Å². The number of halogens is 1. The molecule has 1 amide bonds. The number of rotatable bonds is 3. The van der Waals surface area contributed by atoms with Crippen molar-refractivity contribution in [3.8, 4) is 0 Å². The van der Waals surface area contributed by atoms with E-state index in [-0.39, 0.29) is 11.9 Å². The first-order valence-corrected chi connectivity index (χ1v) is 7.15. The molecule has 2 N–H and O–H groups in total. The molecule has 0 saturated carbocycles. The fourth-order valence-electron chi connectivity index (χ4n) is 2.32. The third-order valence-electron chi connectivity index (χ3n) is 3.48. The van der Waals surface area contributed by atoms with Crippen LogP contribution in [0.1, 0.15) is 29.0 Å². The molecule has 0 aliphatic rings. The van der Waals surface area contributed by atoms with Crippen molar-refractivity contribution in [2.24, 2.45) is 0 Å². The Bertz CT molecular complexity index is 780. The van der Waals surface area contributed by atoms with Gasteiger partial charge in [-0.05, 0) is 30.7 Å². The number of H-pyrrole nitrogens is 1. The summed E-state index contributed by atoms with van der Waals surface area (Å²) in [4.78, 5) is 15.4. The van der Waals surface area contributed by atoms with Crippen LogP contribution in [-0.4, -0.2) is 10.9 Å². The predicted molar refractivity (Wildman–Crippen MR) is 85.6 cm³/mol. The van der Waals surface area contributed by atoms with Gasteiger partial charge >= 0.3 is 0 Å². The summed E-state index contributed by atoms with van der Waals surface area (Å²) in [5, 5.41) is 4.60. The lowest BCUT2D eigenvalue weighted by atomic mass is 10.1. The van der Waals surface area contributed by atoms with Gasteiger partial charge in [-0.15, -0.1) is 0 Å². The summed E-state index contributed by atoms with van der Waals surface area (Å²) in [5.74, 6) is -0.126. The Labute approximate surface area is 127 Å². The van der Waals surface area contributed by atoms with Gasteiger partial charge < -0.3 is 10.3 Å². The number of aromatic nitrogens is 1. The van der Waals surface area contributed by atoms with Gasteiger partial charge in [0, 0.05) is 15.9 Å². The Morgan fingerprint density at radius 3 is 2.67 bits per heavy atom. The van der Waals surface area contributed by atoms with Crippen LogP contribution < -0.4 is 5.32 Å². The minimum Gasteiger partial charge on any atom is -0.350 e. The van der Waals surface area contributed by atoms with E-state index in [1.54, 1.807) is 0 Å². The second-order valence-corrected chi connectivity index (χ2v) is 5.46. The average Bonchev–Trinajstić information content (AvgIpc) is 2.91. The maximum Gasteiger partial charge on any atom is 0.268 e. The van der Waals surface area contributed by atoms with Crippen LogP contribution in [0.2, 0.25) is 5.02 Å². The zero-order chi connectivity index (χ0) is 14.8. The fourth-order valence-corrected chi connectivity index (χ4v) is 2.49. The average molecular weight is 299 g/mol. The second-order valence-electron chi connectivity index (χ2n) is 5.02. The van der Waals surface area contributed by atoms with E-state index < -0.39 is 0 Å². The van der Waals surface area contributed by atoms with Crippen LogP contribution in [0.4, 0.5) is 0 Å². The first kappa shape index (κ1) is 13.7. The smallest absolute Gasteiger partial charge is 0.268 e. The monoisotopic (exact) mass is 298 g/mol. The minimum absolute atomic E-state index is 0.0475. The number of nitrogens with one attached hydrogen (secondary N) is 2. The topological polar surface area (TPSA) is 44.9 Å². The molecule has 0 radical (unpaired) electrons. The zero-order valence-electron chi connectivity index (χ0n) is 11.6. The maximum absolute atomic E-state index is 12.3. The summed E-state index contributed by atoms with van der Waals surface area (Å²) < 4.78 is 0. The summed E-state index contributed by atoms with van der Waals surface area (Å²) in [6, 6.07) is 17.2. The van der Waals surface area contributed by atoms with Gasteiger partial charge in [0.1, 0.15) is 5.69 Å². The molecule has 0 unspecified atom stereocenters. The highest BCUT2D eigenvalue weighted by molar-refractivity contribution is 6.31. The van der Waals surface area contributed by atoms with Crippen LogP contribution in [0, 0.1) is 0 Å². The van der Waals surface area contributed by atoms with Crippen molar-refractivity contribution < 1.29 is 4.79 Å². The van der Waals surface area contributed by atoms with Crippen molar-refractivity contribution in [2.75, 3.05) is 0 Å². The Morgan fingerprint density at radius 2 is 1.90 bits per heavy atom. The number of hydrogen-bond acceptors (Lipinski definition) is 1. The quantitative estimate of drug-likeness (QED) is 0.743. The summed E-state index contributed by atoms with van der Waals surface area (Å²) >= 11 is 5.95. The van der Waals surface area contributed by atoms with Crippen LogP contribution >= 0.6 is 11.6 Å². The predicted octanol–water partition coefficient (Wildman–Crippen LogP) is 4.31. The van der Waals surface area contributed by atoms with E-state index in [9.17, 15) is 4.79 Å². The molecule has 0 spiro atoms. The highest BCUT2D eigenvalue weighted by atomic mass is 35.5. The van der Waals surface area contributed by atoms with Gasteiger partial charge in [-0.2, -0.15) is 0 Å².